The van der Waals surface area contributed by atoms with Gasteiger partial charge in [-0.2, -0.15) is 0 Å². The molecule has 2 fully saturated rings. The van der Waals surface area contributed by atoms with Gasteiger partial charge in [0, 0.05) is 12.5 Å². The van der Waals surface area contributed by atoms with Crippen molar-refractivity contribution in [3.63, 3.8) is 0 Å². The van der Waals surface area contributed by atoms with E-state index in [0.29, 0.717) is 18.9 Å². The lowest BCUT2D eigenvalue weighted by molar-refractivity contribution is -0.149. The second kappa shape index (κ2) is 9.26. The van der Waals surface area contributed by atoms with Crippen LogP contribution >= 0.6 is 12.4 Å². The van der Waals surface area contributed by atoms with E-state index in [0.717, 1.165) is 45.2 Å². The van der Waals surface area contributed by atoms with Crippen LogP contribution < -0.4 is 10.6 Å². The Morgan fingerprint density at radius 2 is 1.90 bits per heavy atom. The van der Waals surface area contributed by atoms with Crippen molar-refractivity contribution in [2.75, 3.05) is 19.7 Å². The summed E-state index contributed by atoms with van der Waals surface area (Å²) in [6, 6.07) is 0.238. The largest absolute Gasteiger partial charge is 0.466 e. The maximum Gasteiger partial charge on any atom is 0.308 e. The molecule has 0 aromatic rings. The smallest absolute Gasteiger partial charge is 0.308 e. The van der Waals surface area contributed by atoms with Gasteiger partial charge in [0.05, 0.1) is 12.5 Å². The third-order valence-electron chi connectivity index (χ3n) is 4.35. The average molecular weight is 319 g/mol. The summed E-state index contributed by atoms with van der Waals surface area (Å²) in [5.41, 5.74) is 0. The van der Waals surface area contributed by atoms with Crippen molar-refractivity contribution in [1.29, 1.82) is 0 Å². The minimum absolute atomic E-state index is 0. The zero-order valence-corrected chi connectivity index (χ0v) is 13.5. The Labute approximate surface area is 133 Å². The van der Waals surface area contributed by atoms with Crippen LogP contribution in [-0.4, -0.2) is 37.6 Å². The Kier molecular flexibility index (Phi) is 8.04. The van der Waals surface area contributed by atoms with Crippen molar-refractivity contribution in [1.82, 2.24) is 10.6 Å². The molecular weight excluding hydrogens is 292 g/mol. The molecule has 0 radical (unpaired) electrons. The number of amides is 1. The van der Waals surface area contributed by atoms with Gasteiger partial charge >= 0.3 is 5.97 Å². The van der Waals surface area contributed by atoms with Gasteiger partial charge in [0.2, 0.25) is 5.91 Å². The van der Waals surface area contributed by atoms with E-state index in [4.69, 9.17) is 4.74 Å². The fourth-order valence-corrected chi connectivity index (χ4v) is 3.17. The first-order valence-electron chi connectivity index (χ1n) is 7.85. The second-order valence-corrected chi connectivity index (χ2v) is 5.93. The molecule has 122 valence electrons. The summed E-state index contributed by atoms with van der Waals surface area (Å²) in [4.78, 5) is 23.6. The Hall–Kier alpha value is -0.810. The van der Waals surface area contributed by atoms with Gasteiger partial charge in [-0.1, -0.05) is 0 Å². The summed E-state index contributed by atoms with van der Waals surface area (Å²) in [6.07, 6.45) is 5.16. The highest BCUT2D eigenvalue weighted by atomic mass is 35.5. The van der Waals surface area contributed by atoms with Gasteiger partial charge in [-0.3, -0.25) is 9.59 Å². The van der Waals surface area contributed by atoms with Crippen molar-refractivity contribution >= 4 is 24.3 Å². The average Bonchev–Trinajstić information content (AvgIpc) is 2.92. The van der Waals surface area contributed by atoms with Crippen molar-refractivity contribution in [3.05, 3.63) is 0 Å². The number of carbonyl (C=O) groups is 2. The van der Waals surface area contributed by atoms with Crippen LogP contribution in [0.4, 0.5) is 0 Å². The van der Waals surface area contributed by atoms with Crippen molar-refractivity contribution < 1.29 is 14.3 Å². The van der Waals surface area contributed by atoms with Crippen molar-refractivity contribution in [2.24, 2.45) is 11.8 Å². The van der Waals surface area contributed by atoms with Crippen LogP contribution in [0.3, 0.4) is 0 Å². The van der Waals surface area contributed by atoms with Gasteiger partial charge < -0.3 is 15.4 Å². The molecule has 0 aromatic heterocycles. The molecule has 2 N–H and O–H groups in total. The second-order valence-electron chi connectivity index (χ2n) is 5.93. The lowest BCUT2D eigenvalue weighted by Gasteiger charge is -2.28. The van der Waals surface area contributed by atoms with Crippen LogP contribution in [-0.2, 0) is 14.3 Å². The van der Waals surface area contributed by atoms with Crippen molar-refractivity contribution in [2.45, 2.75) is 51.5 Å². The van der Waals surface area contributed by atoms with E-state index in [-0.39, 0.29) is 36.2 Å². The molecule has 0 aromatic carbocycles. The van der Waals surface area contributed by atoms with Gasteiger partial charge in [-0.05, 0) is 58.0 Å². The van der Waals surface area contributed by atoms with Crippen LogP contribution in [0.2, 0.25) is 0 Å². The standard InChI is InChI=1S/C15H26N2O3.ClH/c1-2-20-15(19)12-3-5-13(6-4-12)17-14(18)9-11-7-8-16-10-11;/h11-13,16H,2-10H2,1H3,(H,17,18);1H. The molecule has 2 rings (SSSR count). The SMILES string of the molecule is CCOC(=O)C1CCC(NC(=O)CC2CCNC2)CC1.Cl. The zero-order chi connectivity index (χ0) is 14.4. The number of rotatable bonds is 5. The predicted octanol–water partition coefficient (Wildman–Crippen LogP) is 1.65. The molecule has 21 heavy (non-hydrogen) atoms. The van der Waals surface area contributed by atoms with Crippen LogP contribution in [0.25, 0.3) is 0 Å². The molecule has 1 heterocycles. The van der Waals surface area contributed by atoms with E-state index >= 15 is 0 Å². The first-order chi connectivity index (χ1) is 9.69. The fourth-order valence-electron chi connectivity index (χ4n) is 3.17. The number of carbonyl (C=O) groups excluding carboxylic acids is 2. The topological polar surface area (TPSA) is 67.4 Å². The first-order valence-corrected chi connectivity index (χ1v) is 7.85. The van der Waals surface area contributed by atoms with Crippen LogP contribution in [0.15, 0.2) is 0 Å². The molecule has 5 nitrogen and oxygen atoms in total. The molecule has 1 unspecified atom stereocenters. The van der Waals surface area contributed by atoms with E-state index in [1.807, 2.05) is 6.92 Å². The Morgan fingerprint density at radius 1 is 1.19 bits per heavy atom. The normalized spacial score (nSPS) is 28.5. The molecule has 0 bridgehead atoms. The predicted molar refractivity (Wildman–Crippen MR) is 83.4 cm³/mol. The molecule has 1 atom stereocenters. The summed E-state index contributed by atoms with van der Waals surface area (Å²) >= 11 is 0. The van der Waals surface area contributed by atoms with Gasteiger partial charge in [0.25, 0.3) is 0 Å². The highest BCUT2D eigenvalue weighted by molar-refractivity contribution is 5.85. The number of esters is 1. The van der Waals surface area contributed by atoms with E-state index in [2.05, 4.69) is 10.6 Å². The monoisotopic (exact) mass is 318 g/mol. The molecule has 1 aliphatic heterocycles. The quantitative estimate of drug-likeness (QED) is 0.756. The van der Waals surface area contributed by atoms with Gasteiger partial charge in [0.1, 0.15) is 0 Å². The van der Waals surface area contributed by atoms with Gasteiger partial charge in [-0.25, -0.2) is 0 Å². The fraction of sp³-hybridized carbons (Fsp3) is 0.867. The Bertz CT molecular complexity index is 338. The molecule has 6 heteroatoms. The minimum atomic E-state index is -0.0747. The van der Waals surface area contributed by atoms with E-state index in [1.54, 1.807) is 0 Å². The van der Waals surface area contributed by atoms with Gasteiger partial charge in [-0.15, -0.1) is 12.4 Å². The number of nitrogens with one attached hydrogen (secondary N) is 2. The molecule has 2 aliphatic rings. The number of halogens is 1. The summed E-state index contributed by atoms with van der Waals surface area (Å²) in [7, 11) is 0. The summed E-state index contributed by atoms with van der Waals surface area (Å²) < 4.78 is 5.05. The Morgan fingerprint density at radius 3 is 2.48 bits per heavy atom. The molecule has 1 aliphatic carbocycles. The highest BCUT2D eigenvalue weighted by Gasteiger charge is 2.28. The number of hydrogen-bond acceptors (Lipinski definition) is 4. The number of hydrogen-bond donors (Lipinski definition) is 2. The minimum Gasteiger partial charge on any atom is -0.466 e. The van der Waals surface area contributed by atoms with Crippen LogP contribution in [0.5, 0.6) is 0 Å². The van der Waals surface area contributed by atoms with Crippen LogP contribution in [0, 0.1) is 11.8 Å². The molecular formula is C15H27ClN2O3. The van der Waals surface area contributed by atoms with Gasteiger partial charge in [0.15, 0.2) is 0 Å². The molecule has 1 amide bonds. The lowest BCUT2D eigenvalue weighted by Crippen LogP contribution is -2.39. The highest BCUT2D eigenvalue weighted by Crippen LogP contribution is 2.25. The third-order valence-corrected chi connectivity index (χ3v) is 4.35. The van der Waals surface area contributed by atoms with E-state index in [9.17, 15) is 9.59 Å². The maximum atomic E-state index is 12.0. The van der Waals surface area contributed by atoms with E-state index in [1.165, 1.54) is 0 Å². The summed E-state index contributed by atoms with van der Waals surface area (Å²) in [5, 5.41) is 6.40. The number of ether oxygens (including phenoxy) is 1. The molecule has 0 spiro atoms. The summed E-state index contributed by atoms with van der Waals surface area (Å²) in [6.45, 7) is 4.28. The Balaban J connectivity index is 0.00000220. The van der Waals surface area contributed by atoms with E-state index < -0.39 is 0 Å². The first kappa shape index (κ1) is 18.2. The summed E-state index contributed by atoms with van der Waals surface area (Å²) in [5.74, 6) is 0.612. The molecule has 1 saturated heterocycles. The third kappa shape index (κ3) is 5.83. The van der Waals surface area contributed by atoms with Crippen LogP contribution in [0.1, 0.15) is 45.4 Å². The zero-order valence-electron chi connectivity index (χ0n) is 12.7. The maximum absolute atomic E-state index is 12.0. The lowest BCUT2D eigenvalue weighted by atomic mass is 9.86. The molecule has 1 saturated carbocycles. The van der Waals surface area contributed by atoms with Crippen molar-refractivity contribution in [3.8, 4) is 0 Å².